The number of hydrogen-bond donors (Lipinski definition) is 1. The number of carbonyl (C=O) groups is 2. The van der Waals surface area contributed by atoms with Gasteiger partial charge in [0, 0.05) is 17.6 Å². The molecule has 0 bridgehead atoms. The number of benzene rings is 2. The molecule has 9 heteroatoms. The molecule has 0 atom stereocenters. The molecule has 7 nitrogen and oxygen atoms in total. The van der Waals surface area contributed by atoms with Crippen molar-refractivity contribution in [1.82, 2.24) is 4.90 Å². The highest BCUT2D eigenvalue weighted by atomic mass is 79.9. The van der Waals surface area contributed by atoms with Crippen LogP contribution in [0.4, 0.5) is 11.4 Å². The Bertz CT molecular complexity index is 1050. The van der Waals surface area contributed by atoms with Crippen molar-refractivity contribution in [3.63, 3.8) is 0 Å². The van der Waals surface area contributed by atoms with Gasteiger partial charge in [0.15, 0.2) is 0 Å². The molecular formula is C22H26BrN3O4S. The summed E-state index contributed by atoms with van der Waals surface area (Å²) < 4.78 is 26.4. The van der Waals surface area contributed by atoms with Gasteiger partial charge in [-0.2, -0.15) is 0 Å². The van der Waals surface area contributed by atoms with Crippen LogP contribution in [-0.2, 0) is 14.8 Å². The number of likely N-dealkylation sites (tertiary alicyclic amines) is 1. The molecule has 1 fully saturated rings. The Labute approximate surface area is 191 Å². The van der Waals surface area contributed by atoms with Crippen molar-refractivity contribution >= 4 is 49.1 Å². The highest BCUT2D eigenvalue weighted by Crippen LogP contribution is 2.23. The third-order valence-corrected chi connectivity index (χ3v) is 6.74. The van der Waals surface area contributed by atoms with Gasteiger partial charge in [-0.05, 0) is 43.2 Å². The minimum absolute atomic E-state index is 0.121. The standard InChI is InChI=1S/C22H26BrN3O4S/c1-31(29,30)26(18-10-8-9-17(23)15-18)16-21(27)24-20-12-5-4-11-19(20)22(28)25-13-6-2-3-7-14-25/h4-5,8-12,15H,2-3,6-7,13-14,16H2,1H3,(H,24,27). The number of nitrogens with one attached hydrogen (secondary N) is 1. The summed E-state index contributed by atoms with van der Waals surface area (Å²) in [4.78, 5) is 27.7. The molecular weight excluding hydrogens is 482 g/mol. The van der Waals surface area contributed by atoms with E-state index in [9.17, 15) is 18.0 Å². The number of halogens is 1. The molecule has 0 spiro atoms. The molecule has 0 unspecified atom stereocenters. The highest BCUT2D eigenvalue weighted by molar-refractivity contribution is 9.10. The van der Waals surface area contributed by atoms with Gasteiger partial charge in [0.05, 0.1) is 23.2 Å². The summed E-state index contributed by atoms with van der Waals surface area (Å²) >= 11 is 3.32. The third kappa shape index (κ3) is 6.30. The predicted molar refractivity (Wildman–Crippen MR) is 126 cm³/mol. The average Bonchev–Trinajstić information content (AvgIpc) is 3.01. The number of nitrogens with zero attached hydrogens (tertiary/aromatic N) is 2. The molecule has 1 N–H and O–H groups in total. The van der Waals surface area contributed by atoms with Crippen molar-refractivity contribution in [3.8, 4) is 0 Å². The van der Waals surface area contributed by atoms with Crippen molar-refractivity contribution in [1.29, 1.82) is 0 Å². The van der Waals surface area contributed by atoms with Gasteiger partial charge in [-0.3, -0.25) is 13.9 Å². The first kappa shape index (κ1) is 23.3. The number of para-hydroxylation sites is 1. The summed E-state index contributed by atoms with van der Waals surface area (Å²) in [6.45, 7) is 0.999. The lowest BCUT2D eigenvalue weighted by atomic mass is 10.1. The van der Waals surface area contributed by atoms with Crippen LogP contribution >= 0.6 is 15.9 Å². The summed E-state index contributed by atoms with van der Waals surface area (Å²) in [5.74, 6) is -0.647. The van der Waals surface area contributed by atoms with Crippen molar-refractivity contribution in [2.75, 3.05) is 35.5 Å². The number of hydrogen-bond acceptors (Lipinski definition) is 4. The molecule has 166 valence electrons. The third-order valence-electron chi connectivity index (χ3n) is 5.11. The molecule has 0 radical (unpaired) electrons. The molecule has 3 rings (SSSR count). The van der Waals surface area contributed by atoms with E-state index in [0.29, 0.717) is 34.5 Å². The average molecular weight is 508 g/mol. The van der Waals surface area contributed by atoms with E-state index in [4.69, 9.17) is 0 Å². The van der Waals surface area contributed by atoms with Crippen LogP contribution in [0.5, 0.6) is 0 Å². The first-order valence-corrected chi connectivity index (χ1v) is 12.8. The van der Waals surface area contributed by atoms with Crippen molar-refractivity contribution in [3.05, 3.63) is 58.6 Å². The number of rotatable bonds is 6. The van der Waals surface area contributed by atoms with Gasteiger partial charge in [-0.15, -0.1) is 0 Å². The monoisotopic (exact) mass is 507 g/mol. The van der Waals surface area contributed by atoms with E-state index < -0.39 is 22.5 Å². The Morgan fingerprint density at radius 2 is 1.71 bits per heavy atom. The van der Waals surface area contributed by atoms with Gasteiger partial charge in [0.25, 0.3) is 5.91 Å². The summed E-state index contributed by atoms with van der Waals surface area (Å²) in [7, 11) is -3.69. The van der Waals surface area contributed by atoms with E-state index >= 15 is 0 Å². The number of anilines is 2. The molecule has 1 saturated heterocycles. The first-order valence-electron chi connectivity index (χ1n) is 10.2. The number of carbonyl (C=O) groups excluding carboxylic acids is 2. The van der Waals surface area contributed by atoms with E-state index in [1.165, 1.54) is 0 Å². The zero-order valence-corrected chi connectivity index (χ0v) is 19.8. The highest BCUT2D eigenvalue weighted by Gasteiger charge is 2.24. The lowest BCUT2D eigenvalue weighted by molar-refractivity contribution is -0.114. The van der Waals surface area contributed by atoms with Crippen molar-refractivity contribution in [2.45, 2.75) is 25.7 Å². The van der Waals surface area contributed by atoms with Crippen LogP contribution in [0, 0.1) is 0 Å². The maximum Gasteiger partial charge on any atom is 0.255 e. The molecule has 0 aliphatic carbocycles. The fraction of sp³-hybridized carbons (Fsp3) is 0.364. The normalized spacial score (nSPS) is 14.6. The molecule has 31 heavy (non-hydrogen) atoms. The van der Waals surface area contributed by atoms with Crippen LogP contribution in [-0.4, -0.2) is 51.0 Å². The van der Waals surface area contributed by atoms with Gasteiger partial charge in [-0.25, -0.2) is 8.42 Å². The van der Waals surface area contributed by atoms with E-state index in [-0.39, 0.29) is 5.91 Å². The predicted octanol–water partition coefficient (Wildman–Crippen LogP) is 3.87. The molecule has 2 amide bonds. The molecule has 0 saturated carbocycles. The second kappa shape index (κ2) is 10.3. The molecule has 0 aromatic heterocycles. The zero-order valence-electron chi connectivity index (χ0n) is 17.4. The summed E-state index contributed by atoms with van der Waals surface area (Å²) in [5.41, 5.74) is 1.16. The first-order chi connectivity index (χ1) is 14.8. The maximum atomic E-state index is 13.1. The molecule has 2 aromatic carbocycles. The lowest BCUT2D eigenvalue weighted by Crippen LogP contribution is -2.38. The fourth-order valence-corrected chi connectivity index (χ4v) is 4.81. The van der Waals surface area contributed by atoms with Gasteiger partial charge in [0.2, 0.25) is 15.9 Å². The Hall–Kier alpha value is -2.39. The maximum absolute atomic E-state index is 13.1. The summed E-state index contributed by atoms with van der Waals surface area (Å²) in [6, 6.07) is 13.6. The number of sulfonamides is 1. The summed E-state index contributed by atoms with van der Waals surface area (Å²) in [5, 5.41) is 2.73. The molecule has 1 heterocycles. The Kier molecular flexibility index (Phi) is 7.72. The minimum atomic E-state index is -3.69. The topological polar surface area (TPSA) is 86.8 Å². The zero-order chi connectivity index (χ0) is 22.4. The molecule has 1 aliphatic heterocycles. The van der Waals surface area contributed by atoms with Gasteiger partial charge < -0.3 is 10.2 Å². The smallest absolute Gasteiger partial charge is 0.255 e. The number of amides is 2. The van der Waals surface area contributed by atoms with Gasteiger partial charge >= 0.3 is 0 Å². The van der Waals surface area contributed by atoms with E-state index in [1.54, 1.807) is 48.5 Å². The van der Waals surface area contributed by atoms with Crippen molar-refractivity contribution in [2.24, 2.45) is 0 Å². The van der Waals surface area contributed by atoms with Crippen LogP contribution in [0.2, 0.25) is 0 Å². The second-order valence-corrected chi connectivity index (χ2v) is 10.4. The minimum Gasteiger partial charge on any atom is -0.339 e. The van der Waals surface area contributed by atoms with Crippen LogP contribution in [0.15, 0.2) is 53.0 Å². The lowest BCUT2D eigenvalue weighted by Gasteiger charge is -2.24. The SMILES string of the molecule is CS(=O)(=O)N(CC(=O)Nc1ccccc1C(=O)N1CCCCCC1)c1cccc(Br)c1. The second-order valence-electron chi connectivity index (χ2n) is 7.55. The fourth-order valence-electron chi connectivity index (χ4n) is 3.57. The molecule has 1 aliphatic rings. The van der Waals surface area contributed by atoms with Gasteiger partial charge in [0.1, 0.15) is 6.54 Å². The van der Waals surface area contributed by atoms with E-state index in [1.807, 2.05) is 4.90 Å². The van der Waals surface area contributed by atoms with Crippen LogP contribution < -0.4 is 9.62 Å². The van der Waals surface area contributed by atoms with Crippen LogP contribution in [0.3, 0.4) is 0 Å². The van der Waals surface area contributed by atoms with E-state index in [0.717, 1.165) is 36.2 Å². The Balaban J connectivity index is 1.79. The Morgan fingerprint density at radius 1 is 1.03 bits per heavy atom. The van der Waals surface area contributed by atoms with Crippen LogP contribution in [0.25, 0.3) is 0 Å². The van der Waals surface area contributed by atoms with Gasteiger partial charge in [-0.1, -0.05) is 47.0 Å². The summed E-state index contributed by atoms with van der Waals surface area (Å²) in [6.07, 6.45) is 5.21. The largest absolute Gasteiger partial charge is 0.339 e. The Morgan fingerprint density at radius 3 is 2.35 bits per heavy atom. The van der Waals surface area contributed by atoms with E-state index in [2.05, 4.69) is 21.2 Å². The quantitative estimate of drug-likeness (QED) is 0.642. The molecule has 2 aromatic rings. The van der Waals surface area contributed by atoms with Crippen LogP contribution in [0.1, 0.15) is 36.0 Å². The van der Waals surface area contributed by atoms with Crippen molar-refractivity contribution < 1.29 is 18.0 Å².